The van der Waals surface area contributed by atoms with Crippen molar-refractivity contribution in [3.8, 4) is 5.75 Å². The van der Waals surface area contributed by atoms with Crippen molar-refractivity contribution in [1.29, 1.82) is 0 Å². The summed E-state index contributed by atoms with van der Waals surface area (Å²) < 4.78 is 7.58. The molecule has 0 unspecified atom stereocenters. The second-order valence-electron chi connectivity index (χ2n) is 10.7. The lowest BCUT2D eigenvalue weighted by atomic mass is 10.1. The maximum absolute atomic E-state index is 13.6. The highest BCUT2D eigenvalue weighted by Gasteiger charge is 2.19. The highest BCUT2D eigenvalue weighted by atomic mass is 16.5. The van der Waals surface area contributed by atoms with Crippen LogP contribution in [0.15, 0.2) is 42.5 Å². The Morgan fingerprint density at radius 3 is 2.33 bits per heavy atom. The summed E-state index contributed by atoms with van der Waals surface area (Å²) in [6.45, 7) is 11.0. The second kappa shape index (κ2) is 14.9. The van der Waals surface area contributed by atoms with Gasteiger partial charge in [0.25, 0.3) is 5.91 Å². The van der Waals surface area contributed by atoms with Crippen LogP contribution in [0.3, 0.4) is 0 Å². The molecule has 1 aliphatic rings. The van der Waals surface area contributed by atoms with Crippen molar-refractivity contribution in [3.63, 3.8) is 0 Å². The van der Waals surface area contributed by atoms with Gasteiger partial charge in [-0.25, -0.2) is 4.98 Å². The molecular weight excluding hydrogens is 486 g/mol. The standard InChI is InChI=1S/C32H47N5O2/c1-4-6-21-36(22-7-5-2)31(38)27-14-17-29-30(24-27)37(23-11-20-35-18-9-8-10-19-35)32(34-29)33-25-26-12-15-28(39-3)16-13-26/h12-17,24H,4-11,18-23,25H2,1-3H3,(H,33,34). The summed E-state index contributed by atoms with van der Waals surface area (Å²) in [4.78, 5) is 23.1. The molecule has 1 saturated heterocycles. The van der Waals surface area contributed by atoms with E-state index in [0.29, 0.717) is 6.54 Å². The molecule has 2 aromatic carbocycles. The van der Waals surface area contributed by atoms with E-state index in [-0.39, 0.29) is 5.91 Å². The molecule has 39 heavy (non-hydrogen) atoms. The highest BCUT2D eigenvalue weighted by Crippen LogP contribution is 2.24. The molecule has 1 aliphatic heterocycles. The third-order valence-electron chi connectivity index (χ3n) is 7.76. The molecule has 1 amide bonds. The number of aryl methyl sites for hydroxylation is 1. The number of unbranched alkanes of at least 4 members (excludes halogenated alkanes) is 2. The fourth-order valence-electron chi connectivity index (χ4n) is 5.37. The second-order valence-corrected chi connectivity index (χ2v) is 10.7. The number of imidazole rings is 1. The molecular formula is C32H47N5O2. The number of piperidine rings is 1. The van der Waals surface area contributed by atoms with Crippen LogP contribution in [0.4, 0.5) is 5.95 Å². The Labute approximate surface area is 234 Å². The van der Waals surface area contributed by atoms with Gasteiger partial charge >= 0.3 is 0 Å². The number of rotatable bonds is 15. The van der Waals surface area contributed by atoms with Crippen LogP contribution in [0.25, 0.3) is 11.0 Å². The van der Waals surface area contributed by atoms with Gasteiger partial charge in [0.05, 0.1) is 18.1 Å². The molecule has 7 heteroatoms. The van der Waals surface area contributed by atoms with Crippen molar-refractivity contribution < 1.29 is 9.53 Å². The SMILES string of the molecule is CCCCN(CCCC)C(=O)c1ccc2nc(NCc3ccc(OC)cc3)n(CCCN3CCCCC3)c2c1. The number of amides is 1. The van der Waals surface area contributed by atoms with E-state index in [1.807, 2.05) is 29.2 Å². The smallest absolute Gasteiger partial charge is 0.253 e. The van der Waals surface area contributed by atoms with Crippen molar-refractivity contribution in [1.82, 2.24) is 19.4 Å². The largest absolute Gasteiger partial charge is 0.497 e. The molecule has 0 bridgehead atoms. The fraction of sp³-hybridized carbons (Fsp3) is 0.562. The quantitative estimate of drug-likeness (QED) is 0.239. The van der Waals surface area contributed by atoms with Crippen molar-refractivity contribution in [2.24, 2.45) is 0 Å². The molecule has 0 saturated carbocycles. The first-order valence-electron chi connectivity index (χ1n) is 15.0. The number of anilines is 1. The van der Waals surface area contributed by atoms with Crippen molar-refractivity contribution in [3.05, 3.63) is 53.6 Å². The number of nitrogens with one attached hydrogen (secondary N) is 1. The molecule has 1 aromatic heterocycles. The third-order valence-corrected chi connectivity index (χ3v) is 7.76. The molecule has 1 fully saturated rings. The Morgan fingerprint density at radius 2 is 1.67 bits per heavy atom. The van der Waals surface area contributed by atoms with Gasteiger partial charge in [0.1, 0.15) is 5.75 Å². The predicted octanol–water partition coefficient (Wildman–Crippen LogP) is 6.58. The number of carbonyl (C=O) groups is 1. The number of hydrogen-bond acceptors (Lipinski definition) is 5. The van der Waals surface area contributed by atoms with E-state index >= 15 is 0 Å². The van der Waals surface area contributed by atoms with Crippen LogP contribution < -0.4 is 10.1 Å². The number of carbonyl (C=O) groups excluding carboxylic acids is 1. The van der Waals surface area contributed by atoms with Crippen molar-refractivity contribution in [2.45, 2.75) is 78.3 Å². The molecule has 0 aliphatic carbocycles. The van der Waals surface area contributed by atoms with Gasteiger partial charge in [-0.2, -0.15) is 0 Å². The fourth-order valence-corrected chi connectivity index (χ4v) is 5.37. The van der Waals surface area contributed by atoms with E-state index in [2.05, 4.69) is 46.8 Å². The molecule has 212 valence electrons. The van der Waals surface area contributed by atoms with Crippen molar-refractivity contribution >= 4 is 22.9 Å². The van der Waals surface area contributed by atoms with E-state index in [1.54, 1.807) is 7.11 Å². The molecule has 0 atom stereocenters. The van der Waals surface area contributed by atoms with Gasteiger partial charge in [-0.3, -0.25) is 4.79 Å². The summed E-state index contributed by atoms with van der Waals surface area (Å²) in [6.07, 6.45) is 9.26. The van der Waals surface area contributed by atoms with Crippen LogP contribution in [0, 0.1) is 0 Å². The average molecular weight is 534 g/mol. The van der Waals surface area contributed by atoms with Gasteiger partial charge in [-0.05, 0) is 87.6 Å². The van der Waals surface area contributed by atoms with E-state index in [9.17, 15) is 4.79 Å². The topological polar surface area (TPSA) is 62.6 Å². The normalized spacial score (nSPS) is 14.0. The van der Waals surface area contributed by atoms with Gasteiger partial charge in [-0.1, -0.05) is 45.2 Å². The van der Waals surface area contributed by atoms with Gasteiger partial charge in [0.2, 0.25) is 5.95 Å². The maximum atomic E-state index is 13.6. The number of aromatic nitrogens is 2. The number of ether oxygens (including phenoxy) is 1. The summed E-state index contributed by atoms with van der Waals surface area (Å²) >= 11 is 0. The number of hydrogen-bond donors (Lipinski definition) is 1. The van der Waals surface area contributed by atoms with Gasteiger partial charge in [-0.15, -0.1) is 0 Å². The Hall–Kier alpha value is -3.06. The Balaban J connectivity index is 1.56. The van der Waals surface area contributed by atoms with Crippen LogP contribution in [0.2, 0.25) is 0 Å². The third kappa shape index (κ3) is 7.98. The van der Waals surface area contributed by atoms with Crippen LogP contribution in [0.5, 0.6) is 5.75 Å². The van der Waals surface area contributed by atoms with Gasteiger partial charge in [0.15, 0.2) is 0 Å². The number of nitrogens with zero attached hydrogens (tertiary/aromatic N) is 4. The van der Waals surface area contributed by atoms with E-state index < -0.39 is 0 Å². The number of fused-ring (bicyclic) bond motifs is 1. The summed E-state index contributed by atoms with van der Waals surface area (Å²) in [7, 11) is 1.69. The molecule has 0 radical (unpaired) electrons. The first kappa shape index (κ1) is 28.9. The Kier molecular flexibility index (Phi) is 11.1. The summed E-state index contributed by atoms with van der Waals surface area (Å²) in [5.41, 5.74) is 3.88. The minimum Gasteiger partial charge on any atom is -0.497 e. The van der Waals surface area contributed by atoms with Crippen LogP contribution in [-0.4, -0.2) is 65.1 Å². The minimum atomic E-state index is 0.132. The number of likely N-dealkylation sites (tertiary alicyclic amines) is 1. The highest BCUT2D eigenvalue weighted by molar-refractivity contribution is 5.97. The summed E-state index contributed by atoms with van der Waals surface area (Å²) in [6, 6.07) is 14.2. The zero-order valence-electron chi connectivity index (χ0n) is 24.3. The molecule has 1 N–H and O–H groups in total. The lowest BCUT2D eigenvalue weighted by Gasteiger charge is -2.26. The Morgan fingerprint density at radius 1 is 0.949 bits per heavy atom. The van der Waals surface area contributed by atoms with E-state index in [4.69, 9.17) is 9.72 Å². The maximum Gasteiger partial charge on any atom is 0.253 e. The number of benzene rings is 2. The average Bonchev–Trinajstić information content (AvgIpc) is 3.33. The first-order valence-corrected chi connectivity index (χ1v) is 15.0. The van der Waals surface area contributed by atoms with E-state index in [0.717, 1.165) is 86.6 Å². The van der Waals surface area contributed by atoms with E-state index in [1.165, 1.54) is 37.9 Å². The summed E-state index contributed by atoms with van der Waals surface area (Å²) in [5, 5.41) is 3.57. The van der Waals surface area contributed by atoms with Gasteiger partial charge in [0, 0.05) is 31.7 Å². The van der Waals surface area contributed by atoms with Crippen LogP contribution >= 0.6 is 0 Å². The van der Waals surface area contributed by atoms with Crippen LogP contribution in [-0.2, 0) is 13.1 Å². The molecule has 3 aromatic rings. The van der Waals surface area contributed by atoms with Crippen molar-refractivity contribution in [2.75, 3.05) is 45.2 Å². The molecule has 4 rings (SSSR count). The molecule has 0 spiro atoms. The zero-order chi connectivity index (χ0) is 27.5. The Bertz CT molecular complexity index is 1160. The zero-order valence-corrected chi connectivity index (χ0v) is 24.3. The monoisotopic (exact) mass is 533 g/mol. The minimum absolute atomic E-state index is 0.132. The first-order chi connectivity index (χ1) is 19.1. The molecule has 7 nitrogen and oxygen atoms in total. The number of methoxy groups -OCH3 is 1. The van der Waals surface area contributed by atoms with Gasteiger partial charge < -0.3 is 24.4 Å². The molecule has 2 heterocycles. The van der Waals surface area contributed by atoms with Crippen LogP contribution in [0.1, 0.15) is 81.1 Å². The lowest BCUT2D eigenvalue weighted by molar-refractivity contribution is 0.0751. The summed E-state index contributed by atoms with van der Waals surface area (Å²) in [5.74, 6) is 1.85. The predicted molar refractivity (Wildman–Crippen MR) is 161 cm³/mol. The lowest BCUT2D eigenvalue weighted by Crippen LogP contribution is -2.33.